The molecule has 0 unspecified atom stereocenters. The van der Waals surface area contributed by atoms with Crippen LogP contribution in [0, 0.1) is 0 Å². The summed E-state index contributed by atoms with van der Waals surface area (Å²) in [6.07, 6.45) is 2.84. The van der Waals surface area contributed by atoms with E-state index in [1.807, 2.05) is 13.8 Å². The maximum Gasteiger partial charge on any atom is 0.0741 e. The van der Waals surface area contributed by atoms with Crippen molar-refractivity contribution in [2.45, 2.75) is 37.3 Å². The quantitative estimate of drug-likeness (QED) is 0.749. The number of hydrogen-bond acceptors (Lipinski definition) is 3. The smallest absolute Gasteiger partial charge is 0.0741 e. The minimum absolute atomic E-state index is 0.598. The average molecular weight is 239 g/mol. The molecule has 0 saturated heterocycles. The lowest BCUT2D eigenvalue weighted by Crippen LogP contribution is -2.36. The molecule has 16 heavy (non-hydrogen) atoms. The fraction of sp³-hybridized carbons (Fsp3) is 0.538. The summed E-state index contributed by atoms with van der Waals surface area (Å²) in [5, 5.41) is 13.1. The van der Waals surface area contributed by atoms with Crippen LogP contribution >= 0.6 is 11.8 Å². The summed E-state index contributed by atoms with van der Waals surface area (Å²) < 4.78 is 0. The van der Waals surface area contributed by atoms with Gasteiger partial charge in [0.25, 0.3) is 0 Å². The Balaban J connectivity index is 2.37. The van der Waals surface area contributed by atoms with E-state index < -0.39 is 5.60 Å². The van der Waals surface area contributed by atoms with Gasteiger partial charge in [-0.25, -0.2) is 0 Å². The Labute approximate surface area is 102 Å². The van der Waals surface area contributed by atoms with Gasteiger partial charge in [-0.1, -0.05) is 19.1 Å². The lowest BCUT2D eigenvalue weighted by molar-refractivity contribution is 0.0555. The van der Waals surface area contributed by atoms with E-state index in [0.29, 0.717) is 6.54 Å². The number of aliphatic hydroxyl groups is 1. The van der Waals surface area contributed by atoms with Crippen LogP contribution in [0.3, 0.4) is 0 Å². The highest BCUT2D eigenvalue weighted by molar-refractivity contribution is 7.98. The monoisotopic (exact) mass is 239 g/mol. The molecule has 1 rings (SSSR count). The predicted molar refractivity (Wildman–Crippen MR) is 70.8 cm³/mol. The Kier molecular flexibility index (Phi) is 5.32. The highest BCUT2D eigenvalue weighted by Gasteiger charge is 2.15. The average Bonchev–Trinajstić information content (AvgIpc) is 2.30. The van der Waals surface area contributed by atoms with Crippen LogP contribution in [-0.4, -0.2) is 23.5 Å². The Morgan fingerprint density at radius 3 is 2.44 bits per heavy atom. The van der Waals surface area contributed by atoms with Gasteiger partial charge in [0.2, 0.25) is 0 Å². The van der Waals surface area contributed by atoms with Gasteiger partial charge in [-0.3, -0.25) is 0 Å². The molecule has 0 spiro atoms. The number of rotatable bonds is 6. The molecule has 0 aliphatic rings. The van der Waals surface area contributed by atoms with Crippen LogP contribution in [0.1, 0.15) is 25.8 Å². The topological polar surface area (TPSA) is 32.3 Å². The largest absolute Gasteiger partial charge is 0.389 e. The molecule has 1 aromatic carbocycles. The van der Waals surface area contributed by atoms with Crippen molar-refractivity contribution in [2.24, 2.45) is 0 Å². The van der Waals surface area contributed by atoms with Crippen LogP contribution in [-0.2, 0) is 6.54 Å². The van der Waals surface area contributed by atoms with Crippen molar-refractivity contribution >= 4 is 11.8 Å². The fourth-order valence-corrected chi connectivity index (χ4v) is 1.75. The van der Waals surface area contributed by atoms with E-state index in [4.69, 9.17) is 0 Å². The van der Waals surface area contributed by atoms with E-state index in [0.717, 1.165) is 13.0 Å². The van der Waals surface area contributed by atoms with Crippen molar-refractivity contribution in [1.82, 2.24) is 5.32 Å². The first-order valence-electron chi connectivity index (χ1n) is 5.63. The van der Waals surface area contributed by atoms with E-state index in [1.54, 1.807) is 11.8 Å². The molecule has 0 aromatic heterocycles. The SMILES string of the molecule is CC[C@](C)(O)CNCc1ccc(SC)cc1. The highest BCUT2D eigenvalue weighted by Crippen LogP contribution is 2.14. The maximum absolute atomic E-state index is 9.82. The van der Waals surface area contributed by atoms with Crippen LogP contribution in [0.15, 0.2) is 29.2 Å². The number of benzene rings is 1. The van der Waals surface area contributed by atoms with E-state index in [-0.39, 0.29) is 0 Å². The second kappa shape index (κ2) is 6.28. The summed E-state index contributed by atoms with van der Waals surface area (Å²) in [6.45, 7) is 5.30. The molecule has 0 aliphatic heterocycles. The van der Waals surface area contributed by atoms with E-state index in [2.05, 4.69) is 35.8 Å². The summed E-state index contributed by atoms with van der Waals surface area (Å²) in [5.74, 6) is 0. The molecule has 0 fully saturated rings. The Hall–Kier alpha value is -0.510. The molecule has 0 heterocycles. The molecule has 0 amide bonds. The van der Waals surface area contributed by atoms with Crippen molar-refractivity contribution in [1.29, 1.82) is 0 Å². The third-order valence-corrected chi connectivity index (χ3v) is 3.50. The molecule has 0 radical (unpaired) electrons. The summed E-state index contributed by atoms with van der Waals surface area (Å²) in [7, 11) is 0. The van der Waals surface area contributed by atoms with E-state index in [9.17, 15) is 5.11 Å². The van der Waals surface area contributed by atoms with Gasteiger partial charge in [0.1, 0.15) is 0 Å². The molecule has 2 nitrogen and oxygen atoms in total. The molecular weight excluding hydrogens is 218 g/mol. The van der Waals surface area contributed by atoms with Crippen LogP contribution in [0.25, 0.3) is 0 Å². The summed E-state index contributed by atoms with van der Waals surface area (Å²) in [6, 6.07) is 8.50. The molecule has 1 atom stereocenters. The van der Waals surface area contributed by atoms with Crippen molar-refractivity contribution in [3.05, 3.63) is 29.8 Å². The number of thioether (sulfide) groups is 1. The van der Waals surface area contributed by atoms with E-state index in [1.165, 1.54) is 10.5 Å². The number of nitrogens with one attached hydrogen (secondary N) is 1. The predicted octanol–water partition coefficient (Wildman–Crippen LogP) is 2.66. The van der Waals surface area contributed by atoms with Crippen molar-refractivity contribution in [3.63, 3.8) is 0 Å². The zero-order chi connectivity index (χ0) is 12.0. The first-order valence-corrected chi connectivity index (χ1v) is 6.86. The van der Waals surface area contributed by atoms with Crippen LogP contribution in [0.2, 0.25) is 0 Å². The Morgan fingerprint density at radius 2 is 1.94 bits per heavy atom. The van der Waals surface area contributed by atoms with Crippen molar-refractivity contribution in [2.75, 3.05) is 12.8 Å². The molecule has 0 aliphatic carbocycles. The van der Waals surface area contributed by atoms with Gasteiger partial charge in [0.15, 0.2) is 0 Å². The molecule has 0 bridgehead atoms. The third kappa shape index (κ3) is 4.56. The first kappa shape index (κ1) is 13.6. The van der Waals surface area contributed by atoms with Gasteiger partial charge in [-0.05, 0) is 37.3 Å². The van der Waals surface area contributed by atoms with Gasteiger partial charge in [-0.15, -0.1) is 11.8 Å². The lowest BCUT2D eigenvalue weighted by Gasteiger charge is -2.21. The van der Waals surface area contributed by atoms with Crippen LogP contribution in [0.5, 0.6) is 0 Å². The van der Waals surface area contributed by atoms with Crippen LogP contribution < -0.4 is 5.32 Å². The highest BCUT2D eigenvalue weighted by atomic mass is 32.2. The summed E-state index contributed by atoms with van der Waals surface area (Å²) in [5.41, 5.74) is 0.656. The molecule has 0 saturated carbocycles. The second-order valence-electron chi connectivity index (χ2n) is 4.30. The zero-order valence-electron chi connectivity index (χ0n) is 10.3. The molecule has 1 aromatic rings. The normalized spacial score (nSPS) is 14.8. The van der Waals surface area contributed by atoms with Crippen molar-refractivity contribution < 1.29 is 5.11 Å². The van der Waals surface area contributed by atoms with Gasteiger partial charge in [-0.2, -0.15) is 0 Å². The van der Waals surface area contributed by atoms with E-state index >= 15 is 0 Å². The van der Waals surface area contributed by atoms with Crippen LogP contribution in [0.4, 0.5) is 0 Å². The number of hydrogen-bond donors (Lipinski definition) is 2. The summed E-state index contributed by atoms with van der Waals surface area (Å²) >= 11 is 1.75. The molecular formula is C13H21NOS. The molecule has 90 valence electrons. The standard InChI is InChI=1S/C13H21NOS/c1-4-13(2,15)10-14-9-11-5-7-12(16-3)8-6-11/h5-8,14-15H,4,9-10H2,1-3H3/t13-/m0/s1. The minimum atomic E-state index is -0.598. The van der Waals surface area contributed by atoms with Gasteiger partial charge < -0.3 is 10.4 Å². The maximum atomic E-state index is 9.82. The van der Waals surface area contributed by atoms with Crippen molar-refractivity contribution in [3.8, 4) is 0 Å². The zero-order valence-corrected chi connectivity index (χ0v) is 11.1. The molecule has 3 heteroatoms. The fourth-order valence-electron chi connectivity index (χ4n) is 1.34. The van der Waals surface area contributed by atoms with Gasteiger partial charge >= 0.3 is 0 Å². The third-order valence-electron chi connectivity index (χ3n) is 2.76. The first-order chi connectivity index (χ1) is 7.57. The Bertz CT molecular complexity index is 308. The molecule has 2 N–H and O–H groups in total. The Morgan fingerprint density at radius 1 is 1.31 bits per heavy atom. The minimum Gasteiger partial charge on any atom is -0.389 e. The lowest BCUT2D eigenvalue weighted by atomic mass is 10.0. The second-order valence-corrected chi connectivity index (χ2v) is 5.18. The summed E-state index contributed by atoms with van der Waals surface area (Å²) in [4.78, 5) is 1.28. The van der Waals surface area contributed by atoms with Gasteiger partial charge in [0.05, 0.1) is 5.60 Å². The van der Waals surface area contributed by atoms with Gasteiger partial charge in [0, 0.05) is 18.0 Å².